The van der Waals surface area contributed by atoms with Gasteiger partial charge in [0.15, 0.2) is 5.60 Å². The summed E-state index contributed by atoms with van der Waals surface area (Å²) in [5.41, 5.74) is -1.43. The van der Waals surface area contributed by atoms with Crippen molar-refractivity contribution in [1.82, 2.24) is 0 Å². The van der Waals surface area contributed by atoms with Crippen LogP contribution >= 0.6 is 0 Å². The van der Waals surface area contributed by atoms with E-state index in [1.54, 1.807) is 6.92 Å². The van der Waals surface area contributed by atoms with Crippen molar-refractivity contribution >= 4 is 5.97 Å². The Morgan fingerprint density at radius 2 is 2.11 bits per heavy atom. The first-order valence-corrected chi connectivity index (χ1v) is 7.08. The van der Waals surface area contributed by atoms with Crippen molar-refractivity contribution in [2.24, 2.45) is 23.2 Å². The summed E-state index contributed by atoms with van der Waals surface area (Å²) in [6, 6.07) is 0. The van der Waals surface area contributed by atoms with Gasteiger partial charge < -0.3 is 14.9 Å². The second-order valence-corrected chi connectivity index (χ2v) is 6.90. The summed E-state index contributed by atoms with van der Waals surface area (Å²) in [7, 11) is 0. The topological polar surface area (TPSA) is 66.8 Å². The molecule has 0 aromatic rings. The molecule has 0 amide bonds. The summed E-state index contributed by atoms with van der Waals surface area (Å²) >= 11 is 0. The zero-order valence-electron chi connectivity index (χ0n) is 11.7. The van der Waals surface area contributed by atoms with Gasteiger partial charge in [-0.15, -0.1) is 0 Å². The van der Waals surface area contributed by atoms with Crippen LogP contribution in [-0.2, 0) is 9.53 Å². The lowest BCUT2D eigenvalue weighted by atomic mass is 9.54. The highest BCUT2D eigenvalue weighted by atomic mass is 16.6. The normalized spacial score (nSPS) is 56.5. The van der Waals surface area contributed by atoms with Gasteiger partial charge in [-0.25, -0.2) is 4.79 Å². The number of fused-ring (bicyclic) bond motifs is 3. The lowest BCUT2D eigenvalue weighted by Crippen LogP contribution is -2.53. The van der Waals surface area contributed by atoms with E-state index in [0.29, 0.717) is 0 Å². The van der Waals surface area contributed by atoms with Gasteiger partial charge in [-0.1, -0.05) is 26.0 Å². The molecular weight excluding hydrogens is 244 g/mol. The maximum atomic E-state index is 11.9. The van der Waals surface area contributed by atoms with Crippen molar-refractivity contribution in [1.29, 1.82) is 0 Å². The Morgan fingerprint density at radius 3 is 2.79 bits per heavy atom. The molecule has 1 saturated carbocycles. The largest absolute Gasteiger partial charge is 0.459 e. The van der Waals surface area contributed by atoms with Crippen LogP contribution in [0, 0.1) is 23.2 Å². The van der Waals surface area contributed by atoms with Gasteiger partial charge in [0.2, 0.25) is 0 Å². The van der Waals surface area contributed by atoms with Gasteiger partial charge in [-0.05, 0) is 31.1 Å². The zero-order valence-corrected chi connectivity index (χ0v) is 11.7. The van der Waals surface area contributed by atoms with Crippen molar-refractivity contribution in [3.8, 4) is 0 Å². The third-order valence-electron chi connectivity index (χ3n) is 5.66. The summed E-state index contributed by atoms with van der Waals surface area (Å²) < 4.78 is 5.50. The third kappa shape index (κ3) is 1.62. The molecule has 0 bridgehead atoms. The van der Waals surface area contributed by atoms with Crippen LogP contribution in [0.5, 0.6) is 0 Å². The zero-order chi connectivity index (χ0) is 14.0. The predicted octanol–water partition coefficient (Wildman–Crippen LogP) is 1.26. The Hall–Kier alpha value is -0.870. The highest BCUT2D eigenvalue weighted by Gasteiger charge is 2.62. The number of allylic oxidation sites excluding steroid dienone is 1. The molecule has 3 aliphatic rings. The van der Waals surface area contributed by atoms with Gasteiger partial charge in [0.05, 0.1) is 6.10 Å². The SMILES string of the molecule is C[C@@H]1[C@H]2[C@@H]3OC(=O)[C@@](C)(O)[C@@H]3CC[C@]2(C)C=C[C@@H]1O. The molecule has 1 saturated heterocycles. The van der Waals surface area contributed by atoms with Crippen molar-refractivity contribution < 1.29 is 19.7 Å². The minimum atomic E-state index is -1.38. The van der Waals surface area contributed by atoms with Crippen molar-refractivity contribution in [3.05, 3.63) is 12.2 Å². The fourth-order valence-corrected chi connectivity index (χ4v) is 4.37. The molecule has 4 heteroatoms. The number of hydrogen-bond donors (Lipinski definition) is 2. The number of esters is 1. The fraction of sp³-hybridized carbons (Fsp3) is 0.800. The predicted molar refractivity (Wildman–Crippen MR) is 69.1 cm³/mol. The van der Waals surface area contributed by atoms with Crippen molar-refractivity contribution in [3.63, 3.8) is 0 Å². The van der Waals surface area contributed by atoms with Crippen LogP contribution in [0.3, 0.4) is 0 Å². The number of hydrogen-bond acceptors (Lipinski definition) is 4. The lowest BCUT2D eigenvalue weighted by Gasteiger charge is -2.51. The van der Waals surface area contributed by atoms with Crippen LogP contribution in [-0.4, -0.2) is 34.0 Å². The smallest absolute Gasteiger partial charge is 0.338 e. The van der Waals surface area contributed by atoms with Crippen LogP contribution < -0.4 is 0 Å². The Balaban J connectivity index is 2.01. The molecule has 7 atom stereocenters. The number of aliphatic hydroxyl groups excluding tert-OH is 1. The minimum Gasteiger partial charge on any atom is -0.459 e. The molecule has 19 heavy (non-hydrogen) atoms. The van der Waals surface area contributed by atoms with E-state index in [1.165, 1.54) is 0 Å². The van der Waals surface area contributed by atoms with Crippen LogP contribution in [0.1, 0.15) is 33.6 Å². The Labute approximate surface area is 113 Å². The van der Waals surface area contributed by atoms with Crippen LogP contribution in [0.25, 0.3) is 0 Å². The van der Waals surface area contributed by atoms with Gasteiger partial charge in [-0.3, -0.25) is 0 Å². The third-order valence-corrected chi connectivity index (χ3v) is 5.66. The number of carbonyl (C=O) groups is 1. The first-order valence-electron chi connectivity index (χ1n) is 7.08. The van der Waals surface area contributed by atoms with Gasteiger partial charge in [0.25, 0.3) is 0 Å². The highest BCUT2D eigenvalue weighted by Crippen LogP contribution is 2.56. The van der Waals surface area contributed by atoms with E-state index in [4.69, 9.17) is 4.74 Å². The number of ether oxygens (including phenoxy) is 1. The number of carbonyl (C=O) groups excluding carboxylic acids is 1. The molecular formula is C15H22O4. The summed E-state index contributed by atoms with van der Waals surface area (Å²) in [6.07, 6.45) is 4.84. The van der Waals surface area contributed by atoms with E-state index in [2.05, 4.69) is 13.0 Å². The Bertz CT molecular complexity index is 441. The Morgan fingerprint density at radius 1 is 1.42 bits per heavy atom. The molecule has 0 aromatic heterocycles. The number of rotatable bonds is 0. The summed E-state index contributed by atoms with van der Waals surface area (Å²) in [5.74, 6) is -0.559. The van der Waals surface area contributed by atoms with Gasteiger partial charge >= 0.3 is 5.97 Å². The monoisotopic (exact) mass is 266 g/mol. The summed E-state index contributed by atoms with van der Waals surface area (Å²) in [4.78, 5) is 11.9. The molecule has 3 rings (SSSR count). The molecule has 106 valence electrons. The first kappa shape index (κ1) is 13.1. The molecule has 0 unspecified atom stereocenters. The second kappa shape index (κ2) is 3.83. The van der Waals surface area contributed by atoms with Crippen molar-refractivity contribution in [2.45, 2.75) is 51.4 Å². The maximum Gasteiger partial charge on any atom is 0.338 e. The van der Waals surface area contributed by atoms with Crippen LogP contribution in [0.4, 0.5) is 0 Å². The molecule has 1 aliphatic heterocycles. The van der Waals surface area contributed by atoms with Crippen molar-refractivity contribution in [2.75, 3.05) is 0 Å². The molecule has 4 nitrogen and oxygen atoms in total. The average Bonchev–Trinajstić information content (AvgIpc) is 2.55. The number of aliphatic hydroxyl groups is 2. The molecule has 2 N–H and O–H groups in total. The van der Waals surface area contributed by atoms with Gasteiger partial charge in [0.1, 0.15) is 6.10 Å². The molecule has 0 radical (unpaired) electrons. The molecule has 2 aliphatic carbocycles. The molecule has 1 heterocycles. The van der Waals surface area contributed by atoms with Gasteiger partial charge in [-0.2, -0.15) is 0 Å². The molecule has 0 spiro atoms. The van der Waals surface area contributed by atoms with E-state index < -0.39 is 17.7 Å². The average molecular weight is 266 g/mol. The van der Waals surface area contributed by atoms with E-state index in [0.717, 1.165) is 12.8 Å². The Kier molecular flexibility index (Phi) is 2.64. The van der Waals surface area contributed by atoms with E-state index >= 15 is 0 Å². The van der Waals surface area contributed by atoms with Crippen LogP contribution in [0.2, 0.25) is 0 Å². The summed E-state index contributed by atoms with van der Waals surface area (Å²) in [5, 5.41) is 20.4. The van der Waals surface area contributed by atoms with Gasteiger partial charge in [0, 0.05) is 11.8 Å². The molecule has 2 fully saturated rings. The summed E-state index contributed by atoms with van der Waals surface area (Å²) in [6.45, 7) is 5.72. The van der Waals surface area contributed by atoms with E-state index in [1.807, 2.05) is 13.0 Å². The first-order chi connectivity index (χ1) is 8.77. The second-order valence-electron chi connectivity index (χ2n) is 6.90. The minimum absolute atomic E-state index is 0.0319. The quantitative estimate of drug-likeness (QED) is 0.512. The molecule has 0 aromatic carbocycles. The fourth-order valence-electron chi connectivity index (χ4n) is 4.37. The van der Waals surface area contributed by atoms with E-state index in [9.17, 15) is 15.0 Å². The lowest BCUT2D eigenvalue weighted by molar-refractivity contribution is -0.157. The maximum absolute atomic E-state index is 11.9. The standard InChI is InChI=1S/C15H22O4/c1-8-10(16)5-7-14(2)6-4-9-12(11(8)14)19-13(17)15(9,3)18/h5,7-12,16,18H,4,6H2,1-3H3/t8-,9+,10-,11-,12+,14+,15-/m0/s1. The van der Waals surface area contributed by atoms with E-state index in [-0.39, 0.29) is 29.3 Å². The van der Waals surface area contributed by atoms with Crippen LogP contribution in [0.15, 0.2) is 12.2 Å². The highest BCUT2D eigenvalue weighted by molar-refractivity contribution is 5.81.